The van der Waals surface area contributed by atoms with Crippen LogP contribution in [0.25, 0.3) is 0 Å². The van der Waals surface area contributed by atoms with Crippen LogP contribution in [0.4, 0.5) is 5.00 Å². The van der Waals surface area contributed by atoms with Crippen molar-refractivity contribution in [2.24, 2.45) is 0 Å². The first-order chi connectivity index (χ1) is 5.70. The van der Waals surface area contributed by atoms with Gasteiger partial charge in [-0.15, -0.1) is 23.1 Å². The van der Waals surface area contributed by atoms with Gasteiger partial charge in [-0.05, 0) is 12.5 Å². The average Bonchev–Trinajstić information content (AvgIpc) is 2.29. The molecule has 0 saturated heterocycles. The molecule has 1 aliphatic heterocycles. The van der Waals surface area contributed by atoms with Gasteiger partial charge in [-0.1, -0.05) is 0 Å². The van der Waals surface area contributed by atoms with Crippen LogP contribution in [0.2, 0.25) is 0 Å². The number of anilines is 1. The number of thioether (sulfide) groups is 1. The first-order valence-electron chi connectivity index (χ1n) is 3.69. The van der Waals surface area contributed by atoms with Crippen LogP contribution in [0.5, 0.6) is 0 Å². The molecule has 2 rings (SSSR count). The predicted octanol–water partition coefficient (Wildman–Crippen LogP) is 2.07. The lowest BCUT2D eigenvalue weighted by Gasteiger charge is -2.09. The van der Waals surface area contributed by atoms with E-state index in [1.165, 1.54) is 0 Å². The van der Waals surface area contributed by atoms with Crippen LogP contribution in [-0.2, 0) is 5.75 Å². The summed E-state index contributed by atoms with van der Waals surface area (Å²) in [7, 11) is 0. The Balaban J connectivity index is 2.61. The predicted molar refractivity (Wildman–Crippen MR) is 54.0 cm³/mol. The van der Waals surface area contributed by atoms with Crippen molar-refractivity contribution in [1.29, 1.82) is 0 Å². The molecule has 2 nitrogen and oxygen atoms in total. The molecule has 0 saturated carbocycles. The summed E-state index contributed by atoms with van der Waals surface area (Å²) in [5, 5.41) is 0.802. The van der Waals surface area contributed by atoms with Crippen LogP contribution >= 0.6 is 23.1 Å². The Bertz CT molecular complexity index is 343. The number of thiophene rings is 1. The highest BCUT2D eigenvalue weighted by atomic mass is 32.2. The second-order valence-corrected chi connectivity index (χ2v) is 4.93. The minimum atomic E-state index is 0.242. The molecule has 0 amide bonds. The summed E-state index contributed by atoms with van der Waals surface area (Å²) in [5.41, 5.74) is 7.63. The number of nitrogens with two attached hydrogens (primary N) is 1. The van der Waals surface area contributed by atoms with Gasteiger partial charge < -0.3 is 5.73 Å². The van der Waals surface area contributed by atoms with Crippen molar-refractivity contribution < 1.29 is 4.79 Å². The third kappa shape index (κ3) is 1.06. The van der Waals surface area contributed by atoms with E-state index >= 15 is 0 Å². The van der Waals surface area contributed by atoms with Crippen molar-refractivity contribution >= 4 is 33.9 Å². The van der Waals surface area contributed by atoms with E-state index in [-0.39, 0.29) is 5.78 Å². The zero-order chi connectivity index (χ0) is 8.72. The van der Waals surface area contributed by atoms with E-state index in [0.29, 0.717) is 5.75 Å². The van der Waals surface area contributed by atoms with Crippen LogP contribution in [0.1, 0.15) is 20.8 Å². The molecule has 4 heteroatoms. The first-order valence-corrected chi connectivity index (χ1v) is 5.66. The lowest BCUT2D eigenvalue weighted by atomic mass is 10.1. The third-order valence-electron chi connectivity index (χ3n) is 2.00. The minimum absolute atomic E-state index is 0.242. The van der Waals surface area contributed by atoms with Gasteiger partial charge in [0.2, 0.25) is 0 Å². The van der Waals surface area contributed by atoms with Gasteiger partial charge in [-0.3, -0.25) is 4.79 Å². The van der Waals surface area contributed by atoms with Crippen molar-refractivity contribution in [3.8, 4) is 0 Å². The van der Waals surface area contributed by atoms with E-state index in [1.54, 1.807) is 23.1 Å². The molecule has 64 valence electrons. The van der Waals surface area contributed by atoms with Gasteiger partial charge in [0.05, 0.1) is 10.8 Å². The molecule has 1 aromatic rings. The van der Waals surface area contributed by atoms with E-state index < -0.39 is 0 Å². The fraction of sp³-hybridized carbons (Fsp3) is 0.375. The second kappa shape index (κ2) is 2.78. The Morgan fingerprint density at radius 1 is 1.42 bits per heavy atom. The van der Waals surface area contributed by atoms with Crippen molar-refractivity contribution in [3.05, 3.63) is 16.0 Å². The van der Waals surface area contributed by atoms with Crippen molar-refractivity contribution in [1.82, 2.24) is 0 Å². The number of nitrogen functional groups attached to an aromatic ring is 1. The van der Waals surface area contributed by atoms with Crippen LogP contribution in [0, 0.1) is 6.92 Å². The van der Waals surface area contributed by atoms with Gasteiger partial charge in [0, 0.05) is 16.2 Å². The first kappa shape index (κ1) is 8.13. The molecule has 0 aliphatic carbocycles. The fourth-order valence-corrected chi connectivity index (χ4v) is 3.50. The van der Waals surface area contributed by atoms with E-state index in [2.05, 4.69) is 0 Å². The molecule has 1 aromatic heterocycles. The molecule has 0 unspecified atom stereocenters. The van der Waals surface area contributed by atoms with Crippen LogP contribution in [-0.4, -0.2) is 11.5 Å². The maximum absolute atomic E-state index is 11.4. The molecule has 12 heavy (non-hydrogen) atoms. The molecule has 1 aliphatic rings. The summed E-state index contributed by atoms with van der Waals surface area (Å²) in [6.45, 7) is 1.93. The summed E-state index contributed by atoms with van der Waals surface area (Å²) >= 11 is 3.23. The highest BCUT2D eigenvalue weighted by molar-refractivity contribution is 7.99. The smallest absolute Gasteiger partial charge is 0.174 e. The quantitative estimate of drug-likeness (QED) is 0.695. The molecule has 0 radical (unpaired) electrons. The molecule has 2 heterocycles. The maximum atomic E-state index is 11.4. The Morgan fingerprint density at radius 2 is 2.17 bits per heavy atom. The molecule has 0 aromatic carbocycles. The Hall–Kier alpha value is -0.480. The van der Waals surface area contributed by atoms with Gasteiger partial charge in [0.15, 0.2) is 5.78 Å². The van der Waals surface area contributed by atoms with Gasteiger partial charge >= 0.3 is 0 Å². The van der Waals surface area contributed by atoms with Crippen molar-refractivity contribution in [2.75, 3.05) is 11.5 Å². The van der Waals surface area contributed by atoms with E-state index in [4.69, 9.17) is 5.73 Å². The molecule has 0 bridgehead atoms. The number of hydrogen-bond acceptors (Lipinski definition) is 4. The topological polar surface area (TPSA) is 43.1 Å². The van der Waals surface area contributed by atoms with E-state index in [9.17, 15) is 4.79 Å². The monoisotopic (exact) mass is 199 g/mol. The second-order valence-electron chi connectivity index (χ2n) is 2.81. The summed E-state index contributed by atoms with van der Waals surface area (Å²) in [6.07, 6.45) is 0. The molecular formula is C8H9NOS2. The Morgan fingerprint density at radius 3 is 2.83 bits per heavy atom. The maximum Gasteiger partial charge on any atom is 0.174 e. The lowest BCUT2D eigenvalue weighted by Crippen LogP contribution is -2.10. The molecule has 0 fully saturated rings. The van der Waals surface area contributed by atoms with Crippen molar-refractivity contribution in [3.63, 3.8) is 0 Å². The SMILES string of the molecule is Cc1c(N)sc2c1C(=O)CSC2. The zero-order valence-electron chi connectivity index (χ0n) is 6.72. The standard InChI is InChI=1S/C8H9NOS2/c1-4-7-5(10)2-11-3-6(7)12-8(4)9/h2-3,9H2,1H3. The lowest BCUT2D eigenvalue weighted by molar-refractivity contribution is 0.102. The van der Waals surface area contributed by atoms with Gasteiger partial charge in [-0.2, -0.15) is 0 Å². The fourth-order valence-electron chi connectivity index (χ4n) is 1.37. The largest absolute Gasteiger partial charge is 0.390 e. The third-order valence-corrected chi connectivity index (χ3v) is 4.26. The van der Waals surface area contributed by atoms with Crippen molar-refractivity contribution in [2.45, 2.75) is 12.7 Å². The van der Waals surface area contributed by atoms with E-state index in [0.717, 1.165) is 26.8 Å². The number of fused-ring (bicyclic) bond motifs is 1. The highest BCUT2D eigenvalue weighted by Gasteiger charge is 2.23. The highest BCUT2D eigenvalue weighted by Crippen LogP contribution is 2.36. The number of ketones is 1. The number of Topliss-reactive ketones (excluding diaryl/α,β-unsaturated/α-hetero) is 1. The number of carbonyl (C=O) groups is 1. The van der Waals surface area contributed by atoms with Crippen LogP contribution in [0.3, 0.4) is 0 Å². The minimum Gasteiger partial charge on any atom is -0.390 e. The normalized spacial score (nSPS) is 16.2. The average molecular weight is 199 g/mol. The van der Waals surface area contributed by atoms with Gasteiger partial charge in [0.1, 0.15) is 0 Å². The summed E-state index contributed by atoms with van der Waals surface area (Å²) < 4.78 is 0. The summed E-state index contributed by atoms with van der Waals surface area (Å²) in [6, 6.07) is 0. The molecule has 2 N–H and O–H groups in total. The Kier molecular flexibility index (Phi) is 1.88. The van der Waals surface area contributed by atoms with Gasteiger partial charge in [-0.25, -0.2) is 0 Å². The van der Waals surface area contributed by atoms with Gasteiger partial charge in [0.25, 0.3) is 0 Å². The Labute approximate surface area is 79.2 Å². The molecule has 0 atom stereocenters. The van der Waals surface area contributed by atoms with Crippen LogP contribution < -0.4 is 5.73 Å². The molecule has 0 spiro atoms. The zero-order valence-corrected chi connectivity index (χ0v) is 8.35. The summed E-state index contributed by atoms with van der Waals surface area (Å²) in [4.78, 5) is 12.6. The number of hydrogen-bond donors (Lipinski definition) is 1. The molecular weight excluding hydrogens is 190 g/mol. The number of carbonyl (C=O) groups excluding carboxylic acids is 1. The number of rotatable bonds is 0. The van der Waals surface area contributed by atoms with E-state index in [1.807, 2.05) is 6.92 Å². The van der Waals surface area contributed by atoms with Crippen LogP contribution in [0.15, 0.2) is 0 Å². The summed E-state index contributed by atoms with van der Waals surface area (Å²) in [5.74, 6) is 1.81.